The van der Waals surface area contributed by atoms with Crippen LogP contribution in [0.5, 0.6) is 0 Å². The summed E-state index contributed by atoms with van der Waals surface area (Å²) in [7, 11) is 0. The van der Waals surface area contributed by atoms with E-state index in [2.05, 4.69) is 23.8 Å². The molecule has 0 fully saturated rings. The van der Waals surface area contributed by atoms with Gasteiger partial charge in [0.1, 0.15) is 5.82 Å². The Morgan fingerprint density at radius 2 is 1.80 bits per heavy atom. The molecule has 0 N–H and O–H groups in total. The van der Waals surface area contributed by atoms with Gasteiger partial charge in [-0.05, 0) is 25.3 Å². The Kier molecular flexibility index (Phi) is 4.69. The van der Waals surface area contributed by atoms with Gasteiger partial charge in [-0.15, -0.1) is 11.3 Å². The van der Waals surface area contributed by atoms with Gasteiger partial charge in [-0.3, -0.25) is 0 Å². The molecule has 0 saturated carbocycles. The van der Waals surface area contributed by atoms with Crippen LogP contribution in [0.25, 0.3) is 10.2 Å². The molecule has 0 spiro atoms. The quantitative estimate of drug-likeness (QED) is 0.725. The summed E-state index contributed by atoms with van der Waals surface area (Å²) in [5.41, 5.74) is 2.16. The van der Waals surface area contributed by atoms with Crippen LogP contribution in [0, 0.1) is 13.8 Å². The second-order valence-corrected chi connectivity index (χ2v) is 4.41. The molecule has 2 aromatic heterocycles. The lowest BCUT2D eigenvalue weighted by atomic mass is 10.4. The van der Waals surface area contributed by atoms with E-state index in [-0.39, 0.29) is 0 Å². The van der Waals surface area contributed by atoms with E-state index in [0.29, 0.717) is 0 Å². The van der Waals surface area contributed by atoms with Crippen molar-refractivity contribution in [3.8, 4) is 0 Å². The van der Waals surface area contributed by atoms with Crippen molar-refractivity contribution in [2.75, 3.05) is 0 Å². The predicted molar refractivity (Wildman–Crippen MR) is 67.5 cm³/mol. The maximum Gasteiger partial charge on any atom is 0.126 e. The van der Waals surface area contributed by atoms with Gasteiger partial charge >= 0.3 is 0 Å². The number of thiophene rings is 1. The van der Waals surface area contributed by atoms with Crippen molar-refractivity contribution < 1.29 is 0 Å². The minimum atomic E-state index is 0.855. The summed E-state index contributed by atoms with van der Waals surface area (Å²) >= 11 is 1.70. The molecule has 0 bridgehead atoms. The molecule has 2 heterocycles. The Labute approximate surface area is 95.4 Å². The Bertz CT molecular complexity index is 418. The van der Waals surface area contributed by atoms with Crippen LogP contribution in [-0.2, 0) is 0 Å². The lowest BCUT2D eigenvalue weighted by molar-refractivity contribution is 0.886. The van der Waals surface area contributed by atoms with Crippen LogP contribution in [-0.4, -0.2) is 9.97 Å². The van der Waals surface area contributed by atoms with Gasteiger partial charge in [-0.1, -0.05) is 26.7 Å². The number of unbranched alkanes of at least 4 members (excludes halogenated alkanes) is 1. The van der Waals surface area contributed by atoms with E-state index < -0.39 is 0 Å². The number of aromatic nitrogens is 2. The van der Waals surface area contributed by atoms with Gasteiger partial charge in [-0.25, -0.2) is 9.97 Å². The minimum absolute atomic E-state index is 0.855. The van der Waals surface area contributed by atoms with E-state index in [9.17, 15) is 0 Å². The topological polar surface area (TPSA) is 25.8 Å². The summed E-state index contributed by atoms with van der Waals surface area (Å²) < 4.78 is 1.20. The molecule has 0 saturated heterocycles. The molecule has 0 aliphatic rings. The second kappa shape index (κ2) is 5.81. The van der Waals surface area contributed by atoms with Crippen LogP contribution in [0.15, 0.2) is 11.4 Å². The van der Waals surface area contributed by atoms with Crippen LogP contribution in [0.3, 0.4) is 0 Å². The van der Waals surface area contributed by atoms with Gasteiger partial charge in [-0.2, -0.15) is 0 Å². The SMILES string of the molecule is CCCC.Cc1nc(C)c2sccc2n1. The number of aryl methyl sites for hydroxylation is 2. The number of hydrogen-bond acceptors (Lipinski definition) is 3. The zero-order chi connectivity index (χ0) is 11.3. The molecule has 2 aromatic rings. The summed E-state index contributed by atoms with van der Waals surface area (Å²) in [6.07, 6.45) is 2.64. The number of rotatable bonds is 1. The fraction of sp³-hybridized carbons (Fsp3) is 0.500. The summed E-state index contributed by atoms with van der Waals surface area (Å²) in [5, 5.41) is 2.05. The second-order valence-electron chi connectivity index (χ2n) is 3.49. The summed E-state index contributed by atoms with van der Waals surface area (Å²) in [5.74, 6) is 0.855. The van der Waals surface area contributed by atoms with Gasteiger partial charge < -0.3 is 0 Å². The van der Waals surface area contributed by atoms with Crippen LogP contribution < -0.4 is 0 Å². The highest BCUT2D eigenvalue weighted by atomic mass is 32.1. The van der Waals surface area contributed by atoms with Gasteiger partial charge in [0, 0.05) is 0 Å². The molecule has 0 aromatic carbocycles. The molecule has 3 heteroatoms. The standard InChI is InChI=1S/C8H8N2S.C4H10/c1-5-8-7(3-4-11-8)10-6(2)9-5;1-3-4-2/h3-4H,1-2H3;3-4H2,1-2H3. The van der Waals surface area contributed by atoms with Crippen LogP contribution in [0.4, 0.5) is 0 Å². The summed E-state index contributed by atoms with van der Waals surface area (Å²) in [6, 6.07) is 2.03. The first-order valence-corrected chi connectivity index (χ1v) is 6.25. The predicted octanol–water partition coefficient (Wildman–Crippen LogP) is 4.11. The smallest absolute Gasteiger partial charge is 0.126 e. The summed E-state index contributed by atoms with van der Waals surface area (Å²) in [4.78, 5) is 8.57. The van der Waals surface area contributed by atoms with Crippen molar-refractivity contribution in [3.05, 3.63) is 23.0 Å². The first-order chi connectivity index (χ1) is 7.19. The van der Waals surface area contributed by atoms with Gasteiger partial charge in [0.25, 0.3) is 0 Å². The Morgan fingerprint density at radius 3 is 2.40 bits per heavy atom. The molecule has 0 unspecified atom stereocenters. The van der Waals surface area contributed by atoms with E-state index >= 15 is 0 Å². The van der Waals surface area contributed by atoms with Crippen LogP contribution in [0.2, 0.25) is 0 Å². The molecule has 82 valence electrons. The van der Waals surface area contributed by atoms with Gasteiger partial charge in [0.15, 0.2) is 0 Å². The molecular formula is C12H18N2S. The molecule has 2 nitrogen and oxygen atoms in total. The molecule has 15 heavy (non-hydrogen) atoms. The average Bonchev–Trinajstić information content (AvgIpc) is 2.66. The van der Waals surface area contributed by atoms with E-state index in [1.54, 1.807) is 11.3 Å². The maximum atomic E-state index is 4.30. The zero-order valence-electron chi connectivity index (χ0n) is 9.87. The van der Waals surface area contributed by atoms with Crippen LogP contribution >= 0.6 is 11.3 Å². The Hall–Kier alpha value is -0.960. The van der Waals surface area contributed by atoms with Crippen molar-refractivity contribution in [2.24, 2.45) is 0 Å². The molecule has 0 aliphatic heterocycles. The molecule has 0 atom stereocenters. The molecule has 0 amide bonds. The van der Waals surface area contributed by atoms with E-state index in [1.807, 2.05) is 25.3 Å². The molecule has 2 rings (SSSR count). The fourth-order valence-electron chi connectivity index (χ4n) is 1.15. The van der Waals surface area contributed by atoms with Crippen molar-refractivity contribution in [1.29, 1.82) is 0 Å². The number of hydrogen-bond donors (Lipinski definition) is 0. The van der Waals surface area contributed by atoms with Crippen molar-refractivity contribution >= 4 is 21.6 Å². The van der Waals surface area contributed by atoms with Crippen molar-refractivity contribution in [2.45, 2.75) is 40.5 Å². The highest BCUT2D eigenvalue weighted by molar-refractivity contribution is 7.17. The van der Waals surface area contributed by atoms with E-state index in [4.69, 9.17) is 0 Å². The molecular weight excluding hydrogens is 204 g/mol. The lowest BCUT2D eigenvalue weighted by Crippen LogP contribution is -1.89. The zero-order valence-corrected chi connectivity index (χ0v) is 10.7. The van der Waals surface area contributed by atoms with Gasteiger partial charge in [0.2, 0.25) is 0 Å². The fourth-order valence-corrected chi connectivity index (χ4v) is 1.94. The highest BCUT2D eigenvalue weighted by Gasteiger charge is 2.01. The summed E-state index contributed by atoms with van der Waals surface area (Å²) in [6.45, 7) is 8.30. The maximum absolute atomic E-state index is 4.30. The third kappa shape index (κ3) is 3.27. The van der Waals surface area contributed by atoms with Crippen molar-refractivity contribution in [1.82, 2.24) is 9.97 Å². The first-order valence-electron chi connectivity index (χ1n) is 5.37. The lowest BCUT2D eigenvalue weighted by Gasteiger charge is -1.95. The van der Waals surface area contributed by atoms with E-state index in [0.717, 1.165) is 17.0 Å². The monoisotopic (exact) mass is 222 g/mol. The molecule has 0 radical (unpaired) electrons. The normalized spacial score (nSPS) is 9.87. The van der Waals surface area contributed by atoms with Crippen LogP contribution in [0.1, 0.15) is 38.2 Å². The molecule has 0 aliphatic carbocycles. The third-order valence-electron chi connectivity index (χ3n) is 2.08. The van der Waals surface area contributed by atoms with Gasteiger partial charge in [0.05, 0.1) is 15.9 Å². The minimum Gasteiger partial charge on any atom is -0.237 e. The number of nitrogens with zero attached hydrogens (tertiary/aromatic N) is 2. The highest BCUT2D eigenvalue weighted by Crippen LogP contribution is 2.20. The average molecular weight is 222 g/mol. The third-order valence-corrected chi connectivity index (χ3v) is 3.10. The first kappa shape index (κ1) is 12.1. The Morgan fingerprint density at radius 1 is 1.13 bits per heavy atom. The Balaban J connectivity index is 0.000000245. The van der Waals surface area contributed by atoms with E-state index in [1.165, 1.54) is 17.5 Å². The number of fused-ring (bicyclic) bond motifs is 1. The largest absolute Gasteiger partial charge is 0.237 e. The van der Waals surface area contributed by atoms with Crippen molar-refractivity contribution in [3.63, 3.8) is 0 Å².